The molecule has 4 nitrogen and oxygen atoms in total. The number of aliphatic hydroxyl groups is 1. The Hall–Kier alpha value is -1.54. The van der Waals surface area contributed by atoms with Crippen molar-refractivity contribution in [2.75, 3.05) is 46.6 Å². The maximum absolute atomic E-state index is 8.66. The van der Waals surface area contributed by atoms with E-state index in [0.29, 0.717) is 13.0 Å². The Morgan fingerprint density at radius 1 is 1.14 bits per heavy atom. The smallest absolute Gasteiger partial charge is 0.119 e. The van der Waals surface area contributed by atoms with E-state index in [9.17, 15) is 0 Å². The molecule has 0 unspecified atom stereocenters. The van der Waals surface area contributed by atoms with Crippen LogP contribution in [-0.2, 0) is 4.74 Å². The van der Waals surface area contributed by atoms with Crippen molar-refractivity contribution in [1.82, 2.24) is 4.90 Å². The van der Waals surface area contributed by atoms with Crippen molar-refractivity contribution in [2.45, 2.75) is 13.3 Å². The Morgan fingerprint density at radius 2 is 1.86 bits per heavy atom. The molecule has 4 heteroatoms. The van der Waals surface area contributed by atoms with E-state index in [0.717, 1.165) is 37.6 Å². The summed E-state index contributed by atoms with van der Waals surface area (Å²) in [6.45, 7) is 6.05. The van der Waals surface area contributed by atoms with Crippen LogP contribution in [0.2, 0.25) is 0 Å². The zero-order valence-corrected chi connectivity index (χ0v) is 13.0. The molecular formula is C17H25NO3. The van der Waals surface area contributed by atoms with Gasteiger partial charge in [-0.1, -0.05) is 11.8 Å². The molecule has 0 saturated carbocycles. The van der Waals surface area contributed by atoms with Gasteiger partial charge in [-0.05, 0) is 38.2 Å². The molecule has 0 aliphatic carbocycles. The van der Waals surface area contributed by atoms with E-state index in [1.807, 2.05) is 31.2 Å². The summed E-state index contributed by atoms with van der Waals surface area (Å²) in [6, 6.07) is 7.70. The van der Waals surface area contributed by atoms with Gasteiger partial charge in [0.1, 0.15) is 12.4 Å². The van der Waals surface area contributed by atoms with Gasteiger partial charge in [0.05, 0.1) is 13.2 Å². The van der Waals surface area contributed by atoms with Crippen molar-refractivity contribution < 1.29 is 14.6 Å². The predicted molar refractivity (Wildman–Crippen MR) is 84.5 cm³/mol. The molecule has 1 N–H and O–H groups in total. The molecule has 0 amide bonds. The highest BCUT2D eigenvalue weighted by molar-refractivity contribution is 5.38. The van der Waals surface area contributed by atoms with Crippen LogP contribution in [0.1, 0.15) is 18.9 Å². The van der Waals surface area contributed by atoms with Gasteiger partial charge < -0.3 is 19.5 Å². The highest BCUT2D eigenvalue weighted by atomic mass is 16.5. The van der Waals surface area contributed by atoms with Crippen molar-refractivity contribution >= 4 is 0 Å². The molecule has 0 saturated heterocycles. The van der Waals surface area contributed by atoms with Crippen LogP contribution in [0.25, 0.3) is 0 Å². The fourth-order valence-electron chi connectivity index (χ4n) is 1.65. The summed E-state index contributed by atoms with van der Waals surface area (Å²) in [6.07, 6.45) is 0.506. The first kappa shape index (κ1) is 17.5. The molecule has 1 rings (SSSR count). The molecule has 21 heavy (non-hydrogen) atoms. The number of benzene rings is 1. The van der Waals surface area contributed by atoms with Crippen molar-refractivity contribution in [1.29, 1.82) is 0 Å². The zero-order chi connectivity index (χ0) is 15.3. The van der Waals surface area contributed by atoms with Crippen LogP contribution in [0.15, 0.2) is 24.3 Å². The third-order valence-electron chi connectivity index (χ3n) is 2.89. The number of aliphatic hydroxyl groups excluding tert-OH is 1. The van der Waals surface area contributed by atoms with Crippen molar-refractivity contribution in [2.24, 2.45) is 0 Å². The van der Waals surface area contributed by atoms with Gasteiger partial charge in [0.15, 0.2) is 0 Å². The molecular weight excluding hydrogens is 266 g/mol. The maximum atomic E-state index is 8.66. The van der Waals surface area contributed by atoms with Crippen molar-refractivity contribution in [3.05, 3.63) is 29.8 Å². The lowest BCUT2D eigenvalue weighted by molar-refractivity contribution is 0.116. The molecule has 116 valence electrons. The summed E-state index contributed by atoms with van der Waals surface area (Å²) < 4.78 is 11.0. The first-order valence-corrected chi connectivity index (χ1v) is 7.35. The van der Waals surface area contributed by atoms with Gasteiger partial charge in [0.2, 0.25) is 0 Å². The molecule has 0 aliphatic heterocycles. The molecule has 0 spiro atoms. The molecule has 0 radical (unpaired) electrons. The minimum Gasteiger partial charge on any atom is -0.492 e. The summed E-state index contributed by atoms with van der Waals surface area (Å²) in [5, 5.41) is 8.66. The van der Waals surface area contributed by atoms with Gasteiger partial charge >= 0.3 is 0 Å². The first-order valence-electron chi connectivity index (χ1n) is 7.35. The molecule has 0 heterocycles. The predicted octanol–water partition coefficient (Wildman–Crippen LogP) is 1.77. The van der Waals surface area contributed by atoms with Crippen molar-refractivity contribution in [3.63, 3.8) is 0 Å². The number of hydrogen-bond acceptors (Lipinski definition) is 4. The molecule has 1 aromatic carbocycles. The van der Waals surface area contributed by atoms with Crippen LogP contribution in [0.3, 0.4) is 0 Å². The quantitative estimate of drug-likeness (QED) is 0.556. The number of rotatable bonds is 9. The number of likely N-dealkylation sites (N-methyl/N-ethyl adjacent to an activating group) is 1. The second-order valence-electron chi connectivity index (χ2n) is 4.65. The second-order valence-corrected chi connectivity index (χ2v) is 4.65. The Kier molecular flexibility index (Phi) is 9.30. The molecule has 0 aliphatic rings. The lowest BCUT2D eigenvalue weighted by Crippen LogP contribution is -2.27. The first-order chi connectivity index (χ1) is 10.3. The van der Waals surface area contributed by atoms with Crippen LogP contribution in [0.4, 0.5) is 0 Å². The van der Waals surface area contributed by atoms with Gasteiger partial charge in [0.25, 0.3) is 0 Å². The molecule has 0 fully saturated rings. The highest BCUT2D eigenvalue weighted by Gasteiger charge is 1.99. The third-order valence-corrected chi connectivity index (χ3v) is 2.89. The normalized spacial score (nSPS) is 10.3. The van der Waals surface area contributed by atoms with Crippen molar-refractivity contribution in [3.8, 4) is 17.6 Å². The van der Waals surface area contributed by atoms with Crippen LogP contribution in [0.5, 0.6) is 5.75 Å². The van der Waals surface area contributed by atoms with E-state index in [1.54, 1.807) is 0 Å². The lowest BCUT2D eigenvalue weighted by atomic mass is 10.2. The van der Waals surface area contributed by atoms with E-state index in [-0.39, 0.29) is 6.61 Å². The van der Waals surface area contributed by atoms with Crippen LogP contribution < -0.4 is 4.74 Å². The molecule has 1 aromatic rings. The average molecular weight is 291 g/mol. The standard InChI is InChI=1S/C17H25NO3/c1-3-20-14-11-18(2)12-15-21-17-9-7-16(8-10-17)6-4-5-13-19/h7-10,19H,3,5,11-15H2,1-2H3. The maximum Gasteiger partial charge on any atom is 0.119 e. The van der Waals surface area contributed by atoms with E-state index in [1.165, 1.54) is 0 Å². The average Bonchev–Trinajstić information content (AvgIpc) is 2.49. The van der Waals surface area contributed by atoms with Gasteiger partial charge in [-0.15, -0.1) is 0 Å². The van der Waals surface area contributed by atoms with Gasteiger partial charge in [-0.2, -0.15) is 0 Å². The van der Waals surface area contributed by atoms with E-state index < -0.39 is 0 Å². The summed E-state index contributed by atoms with van der Waals surface area (Å²) in [7, 11) is 2.06. The van der Waals surface area contributed by atoms with Crippen LogP contribution in [-0.4, -0.2) is 56.6 Å². The third kappa shape index (κ3) is 8.36. The Labute approximate surface area is 127 Å². The van der Waals surface area contributed by atoms with Gasteiger partial charge in [0, 0.05) is 31.7 Å². The van der Waals surface area contributed by atoms with Crippen LogP contribution in [0, 0.1) is 11.8 Å². The summed E-state index contributed by atoms with van der Waals surface area (Å²) in [5.41, 5.74) is 0.935. The zero-order valence-electron chi connectivity index (χ0n) is 13.0. The van der Waals surface area contributed by atoms with E-state index in [2.05, 4.69) is 23.8 Å². The number of nitrogens with zero attached hydrogens (tertiary/aromatic N) is 1. The minimum atomic E-state index is 0.102. The molecule has 0 bridgehead atoms. The topological polar surface area (TPSA) is 41.9 Å². The lowest BCUT2D eigenvalue weighted by Gasteiger charge is -2.16. The SMILES string of the molecule is CCOCCN(C)CCOc1ccc(C#CCCO)cc1. The Bertz CT molecular complexity index is 434. The van der Waals surface area contributed by atoms with E-state index in [4.69, 9.17) is 14.6 Å². The monoisotopic (exact) mass is 291 g/mol. The van der Waals surface area contributed by atoms with Gasteiger partial charge in [-0.3, -0.25) is 0 Å². The fourth-order valence-corrected chi connectivity index (χ4v) is 1.65. The Balaban J connectivity index is 2.25. The number of ether oxygens (including phenoxy) is 2. The minimum absolute atomic E-state index is 0.102. The molecule has 0 aromatic heterocycles. The number of hydrogen-bond donors (Lipinski definition) is 1. The van der Waals surface area contributed by atoms with Crippen LogP contribution >= 0.6 is 0 Å². The summed E-state index contributed by atoms with van der Waals surface area (Å²) >= 11 is 0. The largest absolute Gasteiger partial charge is 0.492 e. The molecule has 0 atom stereocenters. The Morgan fingerprint density at radius 3 is 2.52 bits per heavy atom. The highest BCUT2D eigenvalue weighted by Crippen LogP contribution is 2.11. The summed E-state index contributed by atoms with van der Waals surface area (Å²) in [4.78, 5) is 2.18. The second kappa shape index (κ2) is 11.2. The van der Waals surface area contributed by atoms with E-state index >= 15 is 0 Å². The van der Waals surface area contributed by atoms with Gasteiger partial charge in [-0.25, -0.2) is 0 Å². The summed E-state index contributed by atoms with van der Waals surface area (Å²) in [5.74, 6) is 6.73. The fraction of sp³-hybridized carbons (Fsp3) is 0.529.